The second kappa shape index (κ2) is 6.26. The zero-order valence-electron chi connectivity index (χ0n) is 10.6. The molecule has 1 rings (SSSR count). The molecule has 0 saturated carbocycles. The highest BCUT2D eigenvalue weighted by molar-refractivity contribution is 7.99. The third kappa shape index (κ3) is 5.93. The Balaban J connectivity index is 2.25. The van der Waals surface area contributed by atoms with Crippen LogP contribution in [-0.2, 0) is 9.59 Å². The molecule has 1 saturated heterocycles. The Morgan fingerprint density at radius 1 is 1.41 bits per heavy atom. The van der Waals surface area contributed by atoms with Gasteiger partial charge in [-0.25, -0.2) is 0 Å². The number of carbonyl (C=O) groups is 2. The van der Waals surface area contributed by atoms with Gasteiger partial charge in [-0.15, -0.1) is 0 Å². The number of thioether (sulfide) groups is 1. The monoisotopic (exact) mass is 259 g/mol. The summed E-state index contributed by atoms with van der Waals surface area (Å²) in [5, 5.41) is 8.57. The summed E-state index contributed by atoms with van der Waals surface area (Å²) < 4.78 is 0. The van der Waals surface area contributed by atoms with Gasteiger partial charge in [0.05, 0.1) is 12.6 Å². The Labute approximate surface area is 106 Å². The summed E-state index contributed by atoms with van der Waals surface area (Å²) in [6.45, 7) is 6.61. The lowest BCUT2D eigenvalue weighted by molar-refractivity contribution is -0.127. The van der Waals surface area contributed by atoms with E-state index in [1.807, 2.05) is 20.8 Å². The predicted octanol–water partition coefficient (Wildman–Crippen LogP) is -0.278. The largest absolute Gasteiger partial charge is 0.350 e. The van der Waals surface area contributed by atoms with Crippen LogP contribution in [0.4, 0.5) is 0 Å². The minimum absolute atomic E-state index is 0.0406. The van der Waals surface area contributed by atoms with Gasteiger partial charge in [0.25, 0.3) is 0 Å². The van der Waals surface area contributed by atoms with Crippen LogP contribution in [0.3, 0.4) is 0 Å². The molecule has 1 unspecified atom stereocenters. The van der Waals surface area contributed by atoms with Crippen molar-refractivity contribution in [3.63, 3.8) is 0 Å². The molecule has 0 bridgehead atoms. The fourth-order valence-electron chi connectivity index (χ4n) is 1.49. The number of rotatable bonds is 3. The molecule has 2 amide bonds. The van der Waals surface area contributed by atoms with Gasteiger partial charge < -0.3 is 16.0 Å². The number of amides is 2. The van der Waals surface area contributed by atoms with Crippen LogP contribution in [0.15, 0.2) is 0 Å². The van der Waals surface area contributed by atoms with E-state index < -0.39 is 0 Å². The summed E-state index contributed by atoms with van der Waals surface area (Å²) in [4.78, 5) is 23.2. The average Bonchev–Trinajstić information content (AvgIpc) is 2.25. The van der Waals surface area contributed by atoms with Crippen LogP contribution in [-0.4, -0.2) is 48.0 Å². The first-order chi connectivity index (χ1) is 7.88. The second-order valence-electron chi connectivity index (χ2n) is 5.10. The average molecular weight is 259 g/mol. The summed E-state index contributed by atoms with van der Waals surface area (Å²) in [6.07, 6.45) is 0. The van der Waals surface area contributed by atoms with E-state index in [4.69, 9.17) is 0 Å². The van der Waals surface area contributed by atoms with Gasteiger partial charge in [0.1, 0.15) is 0 Å². The lowest BCUT2D eigenvalue weighted by Crippen LogP contribution is -2.52. The first kappa shape index (κ1) is 14.3. The maximum absolute atomic E-state index is 11.7. The van der Waals surface area contributed by atoms with E-state index >= 15 is 0 Å². The molecule has 1 fully saturated rings. The fourth-order valence-corrected chi connectivity index (χ4v) is 2.42. The zero-order chi connectivity index (χ0) is 12.9. The Bertz CT molecular complexity index is 283. The molecule has 17 heavy (non-hydrogen) atoms. The van der Waals surface area contributed by atoms with E-state index in [1.54, 1.807) is 11.8 Å². The molecule has 1 heterocycles. The maximum Gasteiger partial charge on any atom is 0.239 e. The molecular weight excluding hydrogens is 238 g/mol. The molecule has 0 aromatic carbocycles. The van der Waals surface area contributed by atoms with Gasteiger partial charge in [-0.05, 0) is 20.8 Å². The van der Waals surface area contributed by atoms with Crippen molar-refractivity contribution in [3.05, 3.63) is 0 Å². The van der Waals surface area contributed by atoms with Gasteiger partial charge >= 0.3 is 0 Å². The van der Waals surface area contributed by atoms with Gasteiger partial charge in [0, 0.05) is 23.6 Å². The van der Waals surface area contributed by atoms with Crippen molar-refractivity contribution in [1.29, 1.82) is 0 Å². The molecule has 1 aliphatic rings. The SMILES string of the molecule is CC(C)(C)NC(=O)CNC(=O)C1CSCCN1. The molecule has 98 valence electrons. The van der Waals surface area contributed by atoms with Crippen molar-refractivity contribution >= 4 is 23.6 Å². The topological polar surface area (TPSA) is 70.2 Å². The van der Waals surface area contributed by atoms with Gasteiger partial charge in [-0.1, -0.05) is 0 Å². The highest BCUT2D eigenvalue weighted by atomic mass is 32.2. The van der Waals surface area contributed by atoms with E-state index in [0.29, 0.717) is 0 Å². The molecule has 0 aliphatic carbocycles. The lowest BCUT2D eigenvalue weighted by atomic mass is 10.1. The van der Waals surface area contributed by atoms with Crippen molar-refractivity contribution in [2.75, 3.05) is 24.6 Å². The second-order valence-corrected chi connectivity index (χ2v) is 6.25. The van der Waals surface area contributed by atoms with Crippen LogP contribution in [0.1, 0.15) is 20.8 Å². The number of nitrogens with one attached hydrogen (secondary N) is 3. The molecular formula is C11H21N3O2S. The molecule has 1 atom stereocenters. The van der Waals surface area contributed by atoms with Crippen LogP contribution in [0.5, 0.6) is 0 Å². The minimum Gasteiger partial charge on any atom is -0.350 e. The van der Waals surface area contributed by atoms with Crippen molar-refractivity contribution in [2.24, 2.45) is 0 Å². The number of hydrogen-bond acceptors (Lipinski definition) is 4. The third-order valence-electron chi connectivity index (χ3n) is 2.18. The summed E-state index contributed by atoms with van der Waals surface area (Å²) in [5.74, 6) is 1.55. The van der Waals surface area contributed by atoms with Crippen LogP contribution in [0.2, 0.25) is 0 Å². The van der Waals surface area contributed by atoms with Gasteiger partial charge in [-0.3, -0.25) is 9.59 Å². The van der Waals surface area contributed by atoms with Crippen LogP contribution in [0.25, 0.3) is 0 Å². The maximum atomic E-state index is 11.7. The number of hydrogen-bond donors (Lipinski definition) is 3. The van der Waals surface area contributed by atoms with Crippen molar-refractivity contribution in [1.82, 2.24) is 16.0 Å². The molecule has 0 spiro atoms. The van der Waals surface area contributed by atoms with Crippen LogP contribution < -0.4 is 16.0 Å². The molecule has 6 heteroatoms. The van der Waals surface area contributed by atoms with Crippen LogP contribution >= 0.6 is 11.8 Å². The summed E-state index contributed by atoms with van der Waals surface area (Å²) >= 11 is 1.75. The van der Waals surface area contributed by atoms with Gasteiger partial charge in [0.2, 0.25) is 11.8 Å². The first-order valence-electron chi connectivity index (χ1n) is 5.78. The van der Waals surface area contributed by atoms with Gasteiger partial charge in [0.15, 0.2) is 0 Å². The zero-order valence-corrected chi connectivity index (χ0v) is 11.4. The molecule has 0 aromatic heterocycles. The van der Waals surface area contributed by atoms with E-state index in [9.17, 15) is 9.59 Å². The lowest BCUT2D eigenvalue weighted by Gasteiger charge is -2.23. The highest BCUT2D eigenvalue weighted by Gasteiger charge is 2.21. The Kier molecular flexibility index (Phi) is 5.27. The van der Waals surface area contributed by atoms with E-state index in [-0.39, 0.29) is 29.9 Å². The molecule has 0 radical (unpaired) electrons. The van der Waals surface area contributed by atoms with Crippen molar-refractivity contribution in [2.45, 2.75) is 32.4 Å². The van der Waals surface area contributed by atoms with Crippen molar-refractivity contribution in [3.8, 4) is 0 Å². The Hall–Kier alpha value is -0.750. The Morgan fingerprint density at radius 3 is 2.65 bits per heavy atom. The normalized spacial score (nSPS) is 20.8. The summed E-state index contributed by atoms with van der Waals surface area (Å²) in [5.41, 5.74) is -0.263. The quantitative estimate of drug-likeness (QED) is 0.652. The summed E-state index contributed by atoms with van der Waals surface area (Å²) in [7, 11) is 0. The van der Waals surface area contributed by atoms with E-state index in [2.05, 4.69) is 16.0 Å². The standard InChI is InChI=1S/C11H21N3O2S/c1-11(2,3)14-9(15)6-13-10(16)8-7-17-5-4-12-8/h8,12H,4-7H2,1-3H3,(H,13,16)(H,14,15). The summed E-state index contributed by atoms with van der Waals surface area (Å²) in [6, 6.07) is -0.170. The fraction of sp³-hybridized carbons (Fsp3) is 0.818. The van der Waals surface area contributed by atoms with E-state index in [1.165, 1.54) is 0 Å². The smallest absolute Gasteiger partial charge is 0.239 e. The molecule has 0 aromatic rings. The molecule has 5 nitrogen and oxygen atoms in total. The molecule has 1 aliphatic heterocycles. The number of carbonyl (C=O) groups excluding carboxylic acids is 2. The van der Waals surface area contributed by atoms with Crippen LogP contribution in [0, 0.1) is 0 Å². The van der Waals surface area contributed by atoms with Crippen molar-refractivity contribution < 1.29 is 9.59 Å². The van der Waals surface area contributed by atoms with E-state index in [0.717, 1.165) is 18.1 Å². The molecule has 3 N–H and O–H groups in total. The third-order valence-corrected chi connectivity index (χ3v) is 3.24. The van der Waals surface area contributed by atoms with Gasteiger partial charge in [-0.2, -0.15) is 11.8 Å². The Morgan fingerprint density at radius 2 is 2.12 bits per heavy atom. The first-order valence-corrected chi connectivity index (χ1v) is 6.94. The minimum atomic E-state index is -0.263. The highest BCUT2D eigenvalue weighted by Crippen LogP contribution is 2.07. The predicted molar refractivity (Wildman–Crippen MR) is 70.0 cm³/mol.